The summed E-state index contributed by atoms with van der Waals surface area (Å²) >= 11 is 6.17. The maximum atomic E-state index is 12.8. The van der Waals surface area contributed by atoms with Crippen LogP contribution in [-0.2, 0) is 13.0 Å². The molecule has 0 aliphatic carbocycles. The summed E-state index contributed by atoms with van der Waals surface area (Å²) in [5, 5.41) is 4.94. The topological polar surface area (TPSA) is 51.5 Å². The van der Waals surface area contributed by atoms with Crippen molar-refractivity contribution < 1.29 is 9.15 Å². The first-order chi connectivity index (χ1) is 13.7. The molecule has 4 rings (SSSR count). The number of fused-ring (bicyclic) bond motifs is 2. The zero-order valence-electron chi connectivity index (χ0n) is 15.5. The van der Waals surface area contributed by atoms with Crippen LogP contribution in [-0.4, -0.2) is 13.7 Å². The molecule has 142 valence electrons. The van der Waals surface area contributed by atoms with Crippen LogP contribution in [0.4, 0.5) is 0 Å². The summed E-state index contributed by atoms with van der Waals surface area (Å²) in [6.07, 6.45) is 0.864. The predicted octanol–water partition coefficient (Wildman–Crippen LogP) is 4.94. The Morgan fingerprint density at radius 2 is 1.89 bits per heavy atom. The van der Waals surface area contributed by atoms with E-state index in [1.54, 1.807) is 25.3 Å². The van der Waals surface area contributed by atoms with Crippen molar-refractivity contribution in [2.24, 2.45) is 0 Å². The SMILES string of the molecule is COc1ccccc1CCNCc1ccc2oc3c(Cl)cccc3c(=O)c2c1. The number of rotatable bonds is 6. The fourth-order valence-corrected chi connectivity index (χ4v) is 3.58. The average Bonchev–Trinajstić information content (AvgIpc) is 2.73. The van der Waals surface area contributed by atoms with Crippen LogP contribution in [0.3, 0.4) is 0 Å². The third-order valence-corrected chi connectivity index (χ3v) is 5.10. The summed E-state index contributed by atoms with van der Waals surface area (Å²) in [5.74, 6) is 0.901. The Hall–Kier alpha value is -2.82. The Morgan fingerprint density at radius 3 is 2.75 bits per heavy atom. The van der Waals surface area contributed by atoms with Crippen molar-refractivity contribution in [3.05, 3.63) is 87.0 Å². The summed E-state index contributed by atoms with van der Waals surface area (Å²) in [4.78, 5) is 12.8. The molecule has 0 saturated carbocycles. The van der Waals surface area contributed by atoms with E-state index >= 15 is 0 Å². The largest absolute Gasteiger partial charge is 0.496 e. The molecule has 0 unspecified atom stereocenters. The Labute approximate surface area is 167 Å². The molecule has 0 aliphatic heterocycles. The molecule has 28 heavy (non-hydrogen) atoms. The summed E-state index contributed by atoms with van der Waals surface area (Å²) in [5.41, 5.74) is 3.11. The van der Waals surface area contributed by atoms with Crippen molar-refractivity contribution in [3.63, 3.8) is 0 Å². The Bertz CT molecular complexity index is 1200. The maximum Gasteiger partial charge on any atom is 0.200 e. The van der Waals surface area contributed by atoms with Crippen molar-refractivity contribution in [3.8, 4) is 5.75 Å². The maximum absolute atomic E-state index is 12.8. The number of nitrogens with one attached hydrogen (secondary N) is 1. The molecule has 5 heteroatoms. The second kappa shape index (κ2) is 8.05. The second-order valence-electron chi connectivity index (χ2n) is 6.62. The summed E-state index contributed by atoms with van der Waals surface area (Å²) in [6.45, 7) is 1.47. The van der Waals surface area contributed by atoms with E-state index in [-0.39, 0.29) is 5.43 Å². The molecule has 0 amide bonds. The summed E-state index contributed by atoms with van der Waals surface area (Å²) in [6, 6.07) is 18.9. The van der Waals surface area contributed by atoms with E-state index in [4.69, 9.17) is 20.8 Å². The van der Waals surface area contributed by atoms with E-state index in [1.165, 1.54) is 5.56 Å². The quantitative estimate of drug-likeness (QED) is 0.372. The molecule has 1 N–H and O–H groups in total. The minimum absolute atomic E-state index is 0.0605. The molecule has 0 spiro atoms. The number of methoxy groups -OCH3 is 1. The number of halogens is 1. The van der Waals surface area contributed by atoms with Crippen LogP contribution in [0.1, 0.15) is 11.1 Å². The molecule has 4 aromatic rings. The molecule has 0 saturated heterocycles. The Kier molecular flexibility index (Phi) is 5.33. The molecule has 0 fully saturated rings. The lowest BCUT2D eigenvalue weighted by molar-refractivity contribution is 0.409. The second-order valence-corrected chi connectivity index (χ2v) is 7.02. The molecular formula is C23H20ClNO3. The first kappa shape index (κ1) is 18.5. The van der Waals surface area contributed by atoms with Gasteiger partial charge < -0.3 is 14.5 Å². The molecule has 0 atom stereocenters. The fraction of sp³-hybridized carbons (Fsp3) is 0.174. The number of ether oxygens (including phenoxy) is 1. The van der Waals surface area contributed by atoms with Gasteiger partial charge in [-0.2, -0.15) is 0 Å². The molecule has 1 heterocycles. The van der Waals surface area contributed by atoms with Crippen LogP contribution >= 0.6 is 11.6 Å². The Morgan fingerprint density at radius 1 is 1.04 bits per heavy atom. The lowest BCUT2D eigenvalue weighted by Crippen LogP contribution is -2.17. The van der Waals surface area contributed by atoms with Gasteiger partial charge in [-0.05, 0) is 54.4 Å². The first-order valence-electron chi connectivity index (χ1n) is 9.14. The molecule has 0 radical (unpaired) electrons. The monoisotopic (exact) mass is 393 g/mol. The van der Waals surface area contributed by atoms with Crippen LogP contribution in [0.25, 0.3) is 21.9 Å². The van der Waals surface area contributed by atoms with Crippen LogP contribution in [0.15, 0.2) is 69.9 Å². The zero-order valence-corrected chi connectivity index (χ0v) is 16.3. The van der Waals surface area contributed by atoms with Gasteiger partial charge in [0.05, 0.1) is 22.9 Å². The smallest absolute Gasteiger partial charge is 0.200 e. The molecule has 0 bridgehead atoms. The summed E-state index contributed by atoms with van der Waals surface area (Å²) in [7, 11) is 1.68. The van der Waals surface area contributed by atoms with E-state index in [1.807, 2.05) is 36.4 Å². The minimum Gasteiger partial charge on any atom is -0.496 e. The third-order valence-electron chi connectivity index (χ3n) is 4.80. The number of benzene rings is 3. The fourth-order valence-electron chi connectivity index (χ4n) is 3.37. The number of para-hydroxylation sites is 2. The van der Waals surface area contributed by atoms with Gasteiger partial charge in [0.25, 0.3) is 0 Å². The average molecular weight is 394 g/mol. The van der Waals surface area contributed by atoms with E-state index in [9.17, 15) is 4.79 Å². The summed E-state index contributed by atoms with van der Waals surface area (Å²) < 4.78 is 11.2. The van der Waals surface area contributed by atoms with Crippen LogP contribution in [0.2, 0.25) is 5.02 Å². The highest BCUT2D eigenvalue weighted by molar-refractivity contribution is 6.34. The molecule has 0 aliphatic rings. The number of hydrogen-bond acceptors (Lipinski definition) is 4. The van der Waals surface area contributed by atoms with Gasteiger partial charge in [-0.1, -0.05) is 41.9 Å². The Balaban J connectivity index is 1.51. The van der Waals surface area contributed by atoms with Gasteiger partial charge in [0.1, 0.15) is 11.3 Å². The van der Waals surface area contributed by atoms with Gasteiger partial charge in [-0.15, -0.1) is 0 Å². The highest BCUT2D eigenvalue weighted by atomic mass is 35.5. The van der Waals surface area contributed by atoms with E-state index < -0.39 is 0 Å². The highest BCUT2D eigenvalue weighted by Gasteiger charge is 2.10. The van der Waals surface area contributed by atoms with E-state index in [0.29, 0.717) is 33.5 Å². The third kappa shape index (κ3) is 3.61. The van der Waals surface area contributed by atoms with Crippen molar-refractivity contribution >= 4 is 33.5 Å². The highest BCUT2D eigenvalue weighted by Crippen LogP contribution is 2.25. The van der Waals surface area contributed by atoms with Crippen LogP contribution in [0.5, 0.6) is 5.75 Å². The van der Waals surface area contributed by atoms with Gasteiger partial charge in [0.15, 0.2) is 5.58 Å². The molecule has 1 aromatic heterocycles. The van der Waals surface area contributed by atoms with Crippen LogP contribution < -0.4 is 15.5 Å². The van der Waals surface area contributed by atoms with E-state index in [2.05, 4.69) is 11.4 Å². The normalized spacial score (nSPS) is 11.2. The predicted molar refractivity (Wildman–Crippen MR) is 113 cm³/mol. The van der Waals surface area contributed by atoms with Gasteiger partial charge in [0, 0.05) is 6.54 Å². The van der Waals surface area contributed by atoms with Gasteiger partial charge in [0.2, 0.25) is 5.43 Å². The van der Waals surface area contributed by atoms with Gasteiger partial charge in [-0.3, -0.25) is 4.79 Å². The standard InChI is InChI=1S/C23H20ClNO3/c1-27-20-8-3-2-5-16(20)11-12-25-14-15-9-10-21-18(13-15)22(26)17-6-4-7-19(24)23(17)28-21/h2-10,13,25H,11-12,14H2,1H3. The van der Waals surface area contributed by atoms with Gasteiger partial charge >= 0.3 is 0 Å². The number of hydrogen-bond donors (Lipinski definition) is 1. The molecule has 4 nitrogen and oxygen atoms in total. The van der Waals surface area contributed by atoms with Crippen molar-refractivity contribution in [1.82, 2.24) is 5.32 Å². The van der Waals surface area contributed by atoms with Gasteiger partial charge in [-0.25, -0.2) is 0 Å². The molecule has 3 aromatic carbocycles. The zero-order chi connectivity index (χ0) is 19.5. The molecular weight excluding hydrogens is 374 g/mol. The lowest BCUT2D eigenvalue weighted by Gasteiger charge is -2.09. The van der Waals surface area contributed by atoms with Crippen molar-refractivity contribution in [1.29, 1.82) is 0 Å². The minimum atomic E-state index is -0.0605. The van der Waals surface area contributed by atoms with Crippen molar-refractivity contribution in [2.75, 3.05) is 13.7 Å². The van der Waals surface area contributed by atoms with Crippen LogP contribution in [0, 0.1) is 0 Å². The lowest BCUT2D eigenvalue weighted by atomic mass is 10.1. The van der Waals surface area contributed by atoms with Crippen molar-refractivity contribution in [2.45, 2.75) is 13.0 Å². The first-order valence-corrected chi connectivity index (χ1v) is 9.52. The van der Waals surface area contributed by atoms with E-state index in [0.717, 1.165) is 24.3 Å².